The molecule has 2 rings (SSSR count). The maximum Gasteiger partial charge on any atom is 0.222 e. The normalized spacial score (nSPS) is 17.4. The van der Waals surface area contributed by atoms with Gasteiger partial charge in [-0.1, -0.05) is 0 Å². The zero-order chi connectivity index (χ0) is 13.8. The third-order valence-electron chi connectivity index (χ3n) is 3.44. The first-order valence-electron chi connectivity index (χ1n) is 6.32. The average Bonchev–Trinajstić information content (AvgIpc) is 2.85. The maximum atomic E-state index is 12.1. The fourth-order valence-electron chi connectivity index (χ4n) is 2.32. The molecule has 19 heavy (non-hydrogen) atoms. The smallest absolute Gasteiger partial charge is 0.222 e. The lowest BCUT2D eigenvalue weighted by molar-refractivity contribution is -0.125. The van der Waals surface area contributed by atoms with Crippen LogP contribution in [-0.4, -0.2) is 43.3 Å². The number of Topliss-reactive ketones (excluding diaryl/α,β-unsaturated/α-hetero) is 1. The molecule has 0 bridgehead atoms. The molecule has 1 aromatic heterocycles. The van der Waals surface area contributed by atoms with E-state index in [4.69, 9.17) is 0 Å². The van der Waals surface area contributed by atoms with E-state index >= 15 is 0 Å². The van der Waals surface area contributed by atoms with Crippen LogP contribution in [0.4, 0.5) is 0 Å². The van der Waals surface area contributed by atoms with Crippen molar-refractivity contribution < 1.29 is 9.59 Å². The first kappa shape index (κ1) is 14.7. The van der Waals surface area contributed by atoms with E-state index in [0.717, 1.165) is 35.3 Å². The molecule has 0 atom stereocenters. The summed E-state index contributed by atoms with van der Waals surface area (Å²) in [4.78, 5) is 26.6. The molecule has 0 radical (unpaired) electrons. The molecule has 1 aliphatic rings. The molecule has 1 saturated heterocycles. The standard InChI is InChI=1S/C13H17BrN2O2S/c1-15-13(18)9-2-5-16(6-3-9)8-11(17)12-10(14)4-7-19-12/h4,7,9H,2-3,5-6,8H2,1H3,(H,15,18). The molecule has 1 aliphatic heterocycles. The van der Waals surface area contributed by atoms with Crippen molar-refractivity contribution in [2.24, 2.45) is 5.92 Å². The van der Waals surface area contributed by atoms with Crippen LogP contribution in [0.3, 0.4) is 0 Å². The average molecular weight is 345 g/mol. The number of piperidine rings is 1. The van der Waals surface area contributed by atoms with Crippen molar-refractivity contribution in [1.82, 2.24) is 10.2 Å². The van der Waals surface area contributed by atoms with E-state index in [1.54, 1.807) is 7.05 Å². The van der Waals surface area contributed by atoms with Crippen molar-refractivity contribution in [2.75, 3.05) is 26.7 Å². The Hall–Kier alpha value is -0.720. The number of carbonyl (C=O) groups excluding carboxylic acids is 2. The summed E-state index contributed by atoms with van der Waals surface area (Å²) in [5.41, 5.74) is 0. The number of rotatable bonds is 4. The summed E-state index contributed by atoms with van der Waals surface area (Å²) in [6, 6.07) is 1.90. The minimum atomic E-state index is 0.102. The van der Waals surface area contributed by atoms with E-state index in [-0.39, 0.29) is 17.6 Å². The van der Waals surface area contributed by atoms with Gasteiger partial charge in [-0.3, -0.25) is 14.5 Å². The summed E-state index contributed by atoms with van der Waals surface area (Å²) in [5, 5.41) is 4.60. The van der Waals surface area contributed by atoms with Crippen LogP contribution < -0.4 is 5.32 Å². The zero-order valence-electron chi connectivity index (χ0n) is 10.8. The summed E-state index contributed by atoms with van der Waals surface area (Å²) >= 11 is 4.86. The van der Waals surface area contributed by atoms with Crippen molar-refractivity contribution >= 4 is 39.0 Å². The highest BCUT2D eigenvalue weighted by atomic mass is 79.9. The topological polar surface area (TPSA) is 49.4 Å². The second-order valence-electron chi connectivity index (χ2n) is 4.69. The zero-order valence-corrected chi connectivity index (χ0v) is 13.2. The minimum Gasteiger partial charge on any atom is -0.359 e. The molecule has 0 aromatic carbocycles. The van der Waals surface area contributed by atoms with Crippen LogP contribution in [0.5, 0.6) is 0 Å². The Labute approximate surface area is 125 Å². The van der Waals surface area contributed by atoms with Crippen LogP contribution in [-0.2, 0) is 4.79 Å². The number of nitrogens with zero attached hydrogens (tertiary/aromatic N) is 1. The molecule has 0 unspecified atom stereocenters. The van der Waals surface area contributed by atoms with Gasteiger partial charge < -0.3 is 5.32 Å². The number of ketones is 1. The number of nitrogens with one attached hydrogen (secondary N) is 1. The highest BCUT2D eigenvalue weighted by molar-refractivity contribution is 9.10. The molecule has 0 spiro atoms. The first-order valence-corrected chi connectivity index (χ1v) is 7.99. The van der Waals surface area contributed by atoms with Gasteiger partial charge in [-0.05, 0) is 53.3 Å². The quantitative estimate of drug-likeness (QED) is 0.851. The summed E-state index contributed by atoms with van der Waals surface area (Å²) in [6.07, 6.45) is 1.66. The van der Waals surface area contributed by atoms with Gasteiger partial charge in [0.2, 0.25) is 5.91 Å². The van der Waals surface area contributed by atoms with Gasteiger partial charge in [0.1, 0.15) is 0 Å². The van der Waals surface area contributed by atoms with Crippen molar-refractivity contribution in [3.63, 3.8) is 0 Å². The summed E-state index contributed by atoms with van der Waals surface area (Å²) in [5.74, 6) is 0.372. The molecule has 2 heterocycles. The van der Waals surface area contributed by atoms with Crippen molar-refractivity contribution in [2.45, 2.75) is 12.8 Å². The van der Waals surface area contributed by atoms with Gasteiger partial charge in [0.15, 0.2) is 5.78 Å². The molecule has 6 heteroatoms. The van der Waals surface area contributed by atoms with E-state index in [1.165, 1.54) is 11.3 Å². The van der Waals surface area contributed by atoms with Crippen LogP contribution in [0.15, 0.2) is 15.9 Å². The molecular formula is C13H17BrN2O2S. The Balaban J connectivity index is 1.85. The first-order chi connectivity index (χ1) is 9.11. The fraction of sp³-hybridized carbons (Fsp3) is 0.538. The maximum absolute atomic E-state index is 12.1. The van der Waals surface area contributed by atoms with Gasteiger partial charge in [-0.15, -0.1) is 11.3 Å². The Morgan fingerprint density at radius 2 is 2.16 bits per heavy atom. The summed E-state index contributed by atoms with van der Waals surface area (Å²) < 4.78 is 0.878. The lowest BCUT2D eigenvalue weighted by Crippen LogP contribution is -2.41. The van der Waals surface area contributed by atoms with Crippen molar-refractivity contribution in [3.05, 3.63) is 20.8 Å². The van der Waals surface area contributed by atoms with Crippen LogP contribution >= 0.6 is 27.3 Å². The molecular weight excluding hydrogens is 328 g/mol. The Morgan fingerprint density at radius 1 is 1.47 bits per heavy atom. The van der Waals surface area contributed by atoms with E-state index in [9.17, 15) is 9.59 Å². The highest BCUT2D eigenvalue weighted by Gasteiger charge is 2.25. The number of amides is 1. The number of halogens is 1. The summed E-state index contributed by atoms with van der Waals surface area (Å²) in [7, 11) is 1.67. The fourth-order valence-corrected chi connectivity index (χ4v) is 3.85. The van der Waals surface area contributed by atoms with Gasteiger partial charge in [-0.2, -0.15) is 0 Å². The molecule has 0 saturated carbocycles. The van der Waals surface area contributed by atoms with Crippen molar-refractivity contribution in [1.29, 1.82) is 0 Å². The Morgan fingerprint density at radius 3 is 2.68 bits per heavy atom. The largest absolute Gasteiger partial charge is 0.359 e. The number of hydrogen-bond acceptors (Lipinski definition) is 4. The van der Waals surface area contributed by atoms with Gasteiger partial charge in [0, 0.05) is 17.4 Å². The Bertz CT molecular complexity index is 467. The van der Waals surface area contributed by atoms with E-state index in [0.29, 0.717) is 6.54 Å². The minimum absolute atomic E-state index is 0.102. The SMILES string of the molecule is CNC(=O)C1CCN(CC(=O)c2sccc2Br)CC1. The second-order valence-corrected chi connectivity index (χ2v) is 6.46. The van der Waals surface area contributed by atoms with E-state index in [2.05, 4.69) is 26.1 Å². The van der Waals surface area contributed by atoms with Gasteiger partial charge in [-0.25, -0.2) is 0 Å². The van der Waals surface area contributed by atoms with E-state index in [1.807, 2.05) is 11.4 Å². The molecule has 104 valence electrons. The van der Waals surface area contributed by atoms with Crippen LogP contribution in [0, 0.1) is 5.92 Å². The number of hydrogen-bond donors (Lipinski definition) is 1. The monoisotopic (exact) mass is 344 g/mol. The highest BCUT2D eigenvalue weighted by Crippen LogP contribution is 2.24. The number of thiophene rings is 1. The summed E-state index contributed by atoms with van der Waals surface area (Å²) in [6.45, 7) is 2.07. The molecule has 1 aromatic rings. The van der Waals surface area contributed by atoms with Crippen LogP contribution in [0.1, 0.15) is 22.5 Å². The lowest BCUT2D eigenvalue weighted by Gasteiger charge is -2.30. The third kappa shape index (κ3) is 3.64. The number of carbonyl (C=O) groups is 2. The van der Waals surface area contributed by atoms with Crippen molar-refractivity contribution in [3.8, 4) is 0 Å². The molecule has 1 N–H and O–H groups in total. The predicted molar refractivity (Wildman–Crippen MR) is 79.6 cm³/mol. The molecule has 4 nitrogen and oxygen atoms in total. The Kier molecular flexibility index (Phi) is 5.13. The molecule has 0 aliphatic carbocycles. The van der Waals surface area contributed by atoms with Gasteiger partial charge >= 0.3 is 0 Å². The third-order valence-corrected chi connectivity index (χ3v) is 5.32. The van der Waals surface area contributed by atoms with Crippen LogP contribution in [0.2, 0.25) is 0 Å². The molecule has 1 fully saturated rings. The van der Waals surface area contributed by atoms with Gasteiger partial charge in [0.05, 0.1) is 11.4 Å². The van der Waals surface area contributed by atoms with E-state index < -0.39 is 0 Å². The predicted octanol–water partition coefficient (Wildman–Crippen LogP) is 2.15. The second kappa shape index (κ2) is 6.63. The number of likely N-dealkylation sites (tertiary alicyclic amines) is 1. The van der Waals surface area contributed by atoms with Gasteiger partial charge in [0.25, 0.3) is 0 Å². The lowest BCUT2D eigenvalue weighted by atomic mass is 9.96. The molecule has 1 amide bonds. The van der Waals surface area contributed by atoms with Crippen LogP contribution in [0.25, 0.3) is 0 Å².